The zero-order chi connectivity index (χ0) is 16.1. The first-order valence-corrected chi connectivity index (χ1v) is 7.41. The van der Waals surface area contributed by atoms with Crippen molar-refractivity contribution in [1.82, 2.24) is 0 Å². The normalized spacial score (nSPS) is 11.9. The Morgan fingerprint density at radius 3 is 2.55 bits per heavy atom. The molecule has 4 heteroatoms. The van der Waals surface area contributed by atoms with Crippen LogP contribution >= 0.6 is 0 Å². The van der Waals surface area contributed by atoms with Crippen LogP contribution in [0.25, 0.3) is 0 Å². The number of para-hydroxylation sites is 1. The van der Waals surface area contributed by atoms with Gasteiger partial charge in [0.15, 0.2) is 11.5 Å². The van der Waals surface area contributed by atoms with Crippen LogP contribution in [0, 0.1) is 5.92 Å². The van der Waals surface area contributed by atoms with Crippen LogP contribution in [-0.4, -0.2) is 16.1 Å². The Morgan fingerprint density at radius 2 is 1.86 bits per heavy atom. The molecule has 1 amide bonds. The number of nitrogens with one attached hydrogen (secondary N) is 1. The Hall–Kier alpha value is -2.49. The summed E-state index contributed by atoms with van der Waals surface area (Å²) in [5, 5.41) is 21.8. The van der Waals surface area contributed by atoms with Gasteiger partial charge in [-0.3, -0.25) is 4.79 Å². The first-order valence-electron chi connectivity index (χ1n) is 7.41. The summed E-state index contributed by atoms with van der Waals surface area (Å²) < 4.78 is 0. The van der Waals surface area contributed by atoms with Gasteiger partial charge in [-0.1, -0.05) is 38.1 Å². The van der Waals surface area contributed by atoms with Crippen LogP contribution in [0.5, 0.6) is 11.5 Å². The standard InChI is InChI=1S/C18H21NO3/c1-3-14-6-4-5-7-15(14)19-18(22)12(2)10-13-8-9-16(20)17(21)11-13/h4-9,11-12,20-21H,3,10H2,1-2H3,(H,19,22). The molecule has 3 N–H and O–H groups in total. The van der Waals surface area contributed by atoms with Crippen LogP contribution < -0.4 is 5.32 Å². The molecule has 0 spiro atoms. The quantitative estimate of drug-likeness (QED) is 0.740. The Kier molecular flexibility index (Phi) is 5.04. The maximum atomic E-state index is 12.3. The molecule has 1 unspecified atom stereocenters. The number of anilines is 1. The number of benzene rings is 2. The molecule has 2 rings (SSSR count). The molecule has 0 heterocycles. The highest BCUT2D eigenvalue weighted by Crippen LogP contribution is 2.26. The van der Waals surface area contributed by atoms with Crippen molar-refractivity contribution < 1.29 is 15.0 Å². The number of carbonyl (C=O) groups excluding carboxylic acids is 1. The van der Waals surface area contributed by atoms with E-state index in [4.69, 9.17) is 0 Å². The summed E-state index contributed by atoms with van der Waals surface area (Å²) in [6, 6.07) is 12.4. The summed E-state index contributed by atoms with van der Waals surface area (Å²) in [6.07, 6.45) is 1.35. The lowest BCUT2D eigenvalue weighted by atomic mass is 9.99. The third kappa shape index (κ3) is 3.79. The Bertz CT molecular complexity index is 667. The fourth-order valence-electron chi connectivity index (χ4n) is 2.35. The van der Waals surface area contributed by atoms with E-state index in [2.05, 4.69) is 5.32 Å². The second kappa shape index (κ2) is 6.98. The lowest BCUT2D eigenvalue weighted by Gasteiger charge is -2.14. The molecule has 0 radical (unpaired) electrons. The Labute approximate surface area is 130 Å². The fraction of sp³-hybridized carbons (Fsp3) is 0.278. The summed E-state index contributed by atoms with van der Waals surface area (Å²) >= 11 is 0. The molecule has 2 aromatic carbocycles. The smallest absolute Gasteiger partial charge is 0.227 e. The molecule has 0 aliphatic heterocycles. The number of aryl methyl sites for hydroxylation is 1. The minimum atomic E-state index is -0.242. The van der Waals surface area contributed by atoms with Crippen LogP contribution in [0.2, 0.25) is 0 Å². The number of hydrogen-bond acceptors (Lipinski definition) is 3. The van der Waals surface area contributed by atoms with Crippen LogP contribution in [0.4, 0.5) is 5.69 Å². The molecule has 2 aromatic rings. The lowest BCUT2D eigenvalue weighted by molar-refractivity contribution is -0.119. The van der Waals surface area contributed by atoms with Crippen molar-refractivity contribution >= 4 is 11.6 Å². The minimum Gasteiger partial charge on any atom is -0.504 e. The molecule has 0 saturated carbocycles. The second-order valence-electron chi connectivity index (χ2n) is 5.43. The van der Waals surface area contributed by atoms with Crippen molar-refractivity contribution in [2.75, 3.05) is 5.32 Å². The number of amides is 1. The number of hydrogen-bond donors (Lipinski definition) is 3. The van der Waals surface area contributed by atoms with Crippen molar-refractivity contribution in [3.63, 3.8) is 0 Å². The van der Waals surface area contributed by atoms with E-state index in [1.807, 2.05) is 38.1 Å². The molecule has 4 nitrogen and oxygen atoms in total. The third-order valence-electron chi connectivity index (χ3n) is 3.69. The lowest BCUT2D eigenvalue weighted by Crippen LogP contribution is -2.22. The van der Waals surface area contributed by atoms with E-state index in [0.717, 1.165) is 23.2 Å². The molecule has 0 fully saturated rings. The van der Waals surface area contributed by atoms with E-state index in [1.165, 1.54) is 12.1 Å². The molecule has 0 aliphatic carbocycles. The Balaban J connectivity index is 2.04. The van der Waals surface area contributed by atoms with Gasteiger partial charge in [-0.25, -0.2) is 0 Å². The molecule has 116 valence electrons. The molecule has 0 aromatic heterocycles. The summed E-state index contributed by atoms with van der Waals surface area (Å²) in [4.78, 5) is 12.3. The minimum absolute atomic E-state index is 0.0616. The second-order valence-corrected chi connectivity index (χ2v) is 5.43. The van der Waals surface area contributed by atoms with Gasteiger partial charge in [0.05, 0.1) is 0 Å². The monoisotopic (exact) mass is 299 g/mol. The van der Waals surface area contributed by atoms with Gasteiger partial charge < -0.3 is 15.5 Å². The van der Waals surface area contributed by atoms with E-state index in [0.29, 0.717) is 6.42 Å². The predicted molar refractivity (Wildman–Crippen MR) is 87.1 cm³/mol. The summed E-state index contributed by atoms with van der Waals surface area (Å²) in [6.45, 7) is 3.89. The number of rotatable bonds is 5. The zero-order valence-electron chi connectivity index (χ0n) is 12.8. The zero-order valence-corrected chi connectivity index (χ0v) is 12.8. The van der Waals surface area contributed by atoms with Gasteiger partial charge in [-0.2, -0.15) is 0 Å². The van der Waals surface area contributed by atoms with Gasteiger partial charge in [0, 0.05) is 11.6 Å². The van der Waals surface area contributed by atoms with Crippen molar-refractivity contribution in [3.8, 4) is 11.5 Å². The van der Waals surface area contributed by atoms with E-state index in [9.17, 15) is 15.0 Å². The number of phenolic OH excluding ortho intramolecular Hbond substituents is 2. The SMILES string of the molecule is CCc1ccccc1NC(=O)C(C)Cc1ccc(O)c(O)c1. The summed E-state index contributed by atoms with van der Waals surface area (Å²) in [5.74, 6) is -0.624. The third-order valence-corrected chi connectivity index (χ3v) is 3.69. The van der Waals surface area contributed by atoms with Crippen molar-refractivity contribution in [2.24, 2.45) is 5.92 Å². The summed E-state index contributed by atoms with van der Waals surface area (Å²) in [7, 11) is 0. The molecule has 1 atom stereocenters. The van der Waals surface area contributed by atoms with Crippen LogP contribution in [0.1, 0.15) is 25.0 Å². The predicted octanol–water partition coefficient (Wildman–Crippen LogP) is 3.48. The summed E-state index contributed by atoms with van der Waals surface area (Å²) in [5.41, 5.74) is 2.75. The van der Waals surface area contributed by atoms with E-state index >= 15 is 0 Å². The molecule has 0 bridgehead atoms. The van der Waals surface area contributed by atoms with Crippen molar-refractivity contribution in [1.29, 1.82) is 0 Å². The number of phenols is 2. The largest absolute Gasteiger partial charge is 0.504 e. The van der Waals surface area contributed by atoms with E-state index in [-0.39, 0.29) is 23.3 Å². The molecule has 22 heavy (non-hydrogen) atoms. The number of aromatic hydroxyl groups is 2. The maximum absolute atomic E-state index is 12.3. The first kappa shape index (κ1) is 15.9. The van der Waals surface area contributed by atoms with Gasteiger partial charge in [0.25, 0.3) is 0 Å². The van der Waals surface area contributed by atoms with Gasteiger partial charge in [-0.05, 0) is 42.2 Å². The maximum Gasteiger partial charge on any atom is 0.227 e. The van der Waals surface area contributed by atoms with Crippen molar-refractivity contribution in [3.05, 3.63) is 53.6 Å². The fourth-order valence-corrected chi connectivity index (χ4v) is 2.35. The van der Waals surface area contributed by atoms with Crippen LogP contribution in [0.3, 0.4) is 0 Å². The average Bonchev–Trinajstić information content (AvgIpc) is 2.51. The van der Waals surface area contributed by atoms with Gasteiger partial charge in [0.2, 0.25) is 5.91 Å². The first-order chi connectivity index (χ1) is 10.5. The molecular weight excluding hydrogens is 278 g/mol. The van der Waals surface area contributed by atoms with Crippen LogP contribution in [-0.2, 0) is 17.6 Å². The molecular formula is C18H21NO3. The van der Waals surface area contributed by atoms with Gasteiger partial charge in [-0.15, -0.1) is 0 Å². The number of carbonyl (C=O) groups is 1. The molecule has 0 saturated heterocycles. The topological polar surface area (TPSA) is 69.6 Å². The van der Waals surface area contributed by atoms with Gasteiger partial charge in [0.1, 0.15) is 0 Å². The van der Waals surface area contributed by atoms with E-state index < -0.39 is 0 Å². The van der Waals surface area contributed by atoms with Gasteiger partial charge >= 0.3 is 0 Å². The van der Waals surface area contributed by atoms with Crippen LogP contribution in [0.15, 0.2) is 42.5 Å². The highest BCUT2D eigenvalue weighted by atomic mass is 16.3. The van der Waals surface area contributed by atoms with E-state index in [1.54, 1.807) is 6.07 Å². The Morgan fingerprint density at radius 1 is 1.14 bits per heavy atom. The molecule has 0 aliphatic rings. The van der Waals surface area contributed by atoms with Crippen molar-refractivity contribution in [2.45, 2.75) is 26.7 Å². The highest BCUT2D eigenvalue weighted by molar-refractivity contribution is 5.93. The highest BCUT2D eigenvalue weighted by Gasteiger charge is 2.15. The average molecular weight is 299 g/mol.